The summed E-state index contributed by atoms with van der Waals surface area (Å²) in [5, 5.41) is 4.63. The van der Waals surface area contributed by atoms with Gasteiger partial charge in [0, 0.05) is 19.0 Å². The van der Waals surface area contributed by atoms with Crippen molar-refractivity contribution in [1.29, 1.82) is 0 Å². The Labute approximate surface area is 159 Å². The summed E-state index contributed by atoms with van der Waals surface area (Å²) in [6.45, 7) is 4.05. The van der Waals surface area contributed by atoms with Crippen molar-refractivity contribution in [1.82, 2.24) is 5.32 Å². The van der Waals surface area contributed by atoms with Crippen molar-refractivity contribution in [3.63, 3.8) is 0 Å². The lowest BCUT2D eigenvalue weighted by atomic mass is 9.87. The van der Waals surface area contributed by atoms with Crippen LogP contribution in [0.2, 0.25) is 10.0 Å². The molecule has 1 aromatic carbocycles. The van der Waals surface area contributed by atoms with Gasteiger partial charge in [0.15, 0.2) is 0 Å². The number of unbranched alkanes of at least 4 members (excludes halogenated alkanes) is 1. The largest absolute Gasteiger partial charge is 0.466 e. The van der Waals surface area contributed by atoms with E-state index in [1.54, 1.807) is 0 Å². The summed E-state index contributed by atoms with van der Waals surface area (Å²) in [4.78, 5) is 11.6. The fraction of sp³-hybridized carbons (Fsp3) is 0.632. The number of hydrogen-bond acceptors (Lipinski definition) is 4. The molecule has 0 radical (unpaired) electrons. The first-order valence-electron chi connectivity index (χ1n) is 9.05. The normalized spacial score (nSPS) is 24.7. The van der Waals surface area contributed by atoms with E-state index < -0.39 is 0 Å². The summed E-state index contributed by atoms with van der Waals surface area (Å²) in [5.74, 6) is -0.114. The van der Waals surface area contributed by atoms with Crippen LogP contribution in [0.15, 0.2) is 12.1 Å². The number of morpholine rings is 1. The third-order valence-electron chi connectivity index (χ3n) is 4.99. The van der Waals surface area contributed by atoms with Crippen molar-refractivity contribution in [3.05, 3.63) is 33.3 Å². The van der Waals surface area contributed by atoms with E-state index in [9.17, 15) is 4.79 Å². The molecule has 138 valence electrons. The zero-order valence-corrected chi connectivity index (χ0v) is 16.1. The molecule has 0 amide bonds. The highest BCUT2D eigenvalue weighted by molar-refractivity contribution is 6.42. The third-order valence-corrected chi connectivity index (χ3v) is 5.72. The number of halogens is 2. The van der Waals surface area contributed by atoms with E-state index in [4.69, 9.17) is 32.7 Å². The zero-order chi connectivity index (χ0) is 17.9. The number of nitrogens with one attached hydrogen (secondary N) is 1. The number of aryl methyl sites for hydroxylation is 1. The van der Waals surface area contributed by atoms with Gasteiger partial charge in [-0.25, -0.2) is 0 Å². The fourth-order valence-corrected chi connectivity index (χ4v) is 4.06. The Balaban J connectivity index is 1.65. The summed E-state index contributed by atoms with van der Waals surface area (Å²) in [7, 11) is 0. The molecule has 0 aliphatic carbocycles. The molecule has 2 heterocycles. The molecule has 2 aliphatic rings. The Morgan fingerprint density at radius 3 is 2.80 bits per heavy atom. The van der Waals surface area contributed by atoms with Gasteiger partial charge in [0.25, 0.3) is 0 Å². The Hall–Kier alpha value is -0.810. The summed E-state index contributed by atoms with van der Waals surface area (Å²) in [6.07, 6.45) is 4.85. The summed E-state index contributed by atoms with van der Waals surface area (Å²) in [6, 6.07) is 4.35. The monoisotopic (exact) mass is 385 g/mol. The molecule has 2 aliphatic heterocycles. The second kappa shape index (κ2) is 8.26. The molecular weight excluding hydrogens is 361 g/mol. The Bertz CT molecular complexity index is 627. The van der Waals surface area contributed by atoms with Crippen LogP contribution in [-0.4, -0.2) is 31.8 Å². The minimum Gasteiger partial charge on any atom is -0.466 e. The number of esters is 1. The second-order valence-electron chi connectivity index (χ2n) is 6.94. The van der Waals surface area contributed by atoms with Crippen molar-refractivity contribution in [2.24, 2.45) is 0 Å². The van der Waals surface area contributed by atoms with Gasteiger partial charge in [-0.15, -0.1) is 0 Å². The predicted molar refractivity (Wildman–Crippen MR) is 99.3 cm³/mol. The lowest BCUT2D eigenvalue weighted by Crippen LogP contribution is -2.38. The number of rotatable bonds is 8. The fourth-order valence-electron chi connectivity index (χ4n) is 3.71. The minimum absolute atomic E-state index is 0.114. The molecule has 2 saturated heterocycles. The van der Waals surface area contributed by atoms with Crippen LogP contribution >= 0.6 is 23.2 Å². The van der Waals surface area contributed by atoms with E-state index in [1.165, 1.54) is 5.56 Å². The molecule has 2 atom stereocenters. The highest BCUT2D eigenvalue weighted by Gasteiger charge is 2.48. The molecule has 2 bridgehead atoms. The molecule has 3 rings (SSSR count). The predicted octanol–water partition coefficient (Wildman–Crippen LogP) is 4.25. The van der Waals surface area contributed by atoms with Crippen molar-refractivity contribution in [3.8, 4) is 0 Å². The van der Waals surface area contributed by atoms with Crippen LogP contribution in [0.1, 0.15) is 50.2 Å². The van der Waals surface area contributed by atoms with Crippen LogP contribution < -0.4 is 5.32 Å². The molecule has 2 fully saturated rings. The average molecular weight is 386 g/mol. The minimum atomic E-state index is -0.283. The van der Waals surface area contributed by atoms with E-state index in [0.717, 1.165) is 50.8 Å². The molecule has 0 spiro atoms. The van der Waals surface area contributed by atoms with Crippen LogP contribution in [-0.2, 0) is 26.3 Å². The molecule has 0 aromatic heterocycles. The smallest absolute Gasteiger partial charge is 0.305 e. The van der Waals surface area contributed by atoms with Gasteiger partial charge in [-0.1, -0.05) is 30.1 Å². The topological polar surface area (TPSA) is 47.6 Å². The van der Waals surface area contributed by atoms with Gasteiger partial charge in [0.05, 0.1) is 23.3 Å². The van der Waals surface area contributed by atoms with E-state index in [0.29, 0.717) is 29.1 Å². The van der Waals surface area contributed by atoms with E-state index in [2.05, 4.69) is 5.32 Å². The quantitative estimate of drug-likeness (QED) is 0.536. The molecular formula is C19H25Cl2NO3. The first kappa shape index (κ1) is 19.0. The molecule has 2 unspecified atom stereocenters. The Kier molecular flexibility index (Phi) is 6.26. The van der Waals surface area contributed by atoms with Gasteiger partial charge >= 0.3 is 5.97 Å². The van der Waals surface area contributed by atoms with Crippen molar-refractivity contribution < 1.29 is 14.3 Å². The average Bonchev–Trinajstić information content (AvgIpc) is 3.21. The summed E-state index contributed by atoms with van der Waals surface area (Å²) in [5.41, 5.74) is 2.03. The molecule has 4 nitrogen and oxygen atoms in total. The van der Waals surface area contributed by atoms with Crippen molar-refractivity contribution in [2.45, 2.75) is 57.1 Å². The van der Waals surface area contributed by atoms with Crippen molar-refractivity contribution >= 4 is 29.2 Å². The van der Waals surface area contributed by atoms with Gasteiger partial charge in [0.2, 0.25) is 0 Å². The number of fused-ring (bicyclic) bond motifs is 2. The lowest BCUT2D eigenvalue weighted by molar-refractivity contribution is -0.143. The first-order chi connectivity index (χ1) is 12.0. The number of carbonyl (C=O) groups excluding carboxylic acids is 1. The van der Waals surface area contributed by atoms with E-state index >= 15 is 0 Å². The molecule has 1 N–H and O–H groups in total. The van der Waals surface area contributed by atoms with E-state index in [-0.39, 0.29) is 11.6 Å². The first-order valence-corrected chi connectivity index (χ1v) is 9.81. The lowest BCUT2D eigenvalue weighted by Gasteiger charge is -2.30. The van der Waals surface area contributed by atoms with Gasteiger partial charge in [-0.3, -0.25) is 4.79 Å². The number of carbonyl (C=O) groups is 1. The van der Waals surface area contributed by atoms with Crippen LogP contribution in [0.25, 0.3) is 0 Å². The maximum absolute atomic E-state index is 11.6. The van der Waals surface area contributed by atoms with E-state index in [1.807, 2.05) is 19.1 Å². The zero-order valence-electron chi connectivity index (χ0n) is 14.6. The number of hydrogen-bond donors (Lipinski definition) is 1. The van der Waals surface area contributed by atoms with Gasteiger partial charge in [0.1, 0.15) is 5.60 Å². The molecule has 6 heteroatoms. The maximum Gasteiger partial charge on any atom is 0.305 e. The van der Waals surface area contributed by atoms with Crippen molar-refractivity contribution in [2.75, 3.05) is 19.8 Å². The molecule has 25 heavy (non-hydrogen) atoms. The van der Waals surface area contributed by atoms with Crippen LogP contribution in [0.5, 0.6) is 0 Å². The SMILES string of the molecule is CCCOC(=O)CCCCc1cc(Cl)c(Cl)cc1C12CNC(CO1)C2. The summed E-state index contributed by atoms with van der Waals surface area (Å²) >= 11 is 12.5. The molecule has 1 aromatic rings. The molecule has 0 saturated carbocycles. The Morgan fingerprint density at radius 2 is 2.16 bits per heavy atom. The van der Waals surface area contributed by atoms with Gasteiger partial charge in [-0.05, 0) is 55.4 Å². The maximum atomic E-state index is 11.6. The van der Waals surface area contributed by atoms with Gasteiger partial charge in [-0.2, -0.15) is 0 Å². The van der Waals surface area contributed by atoms with Crippen LogP contribution in [0, 0.1) is 0 Å². The highest BCUT2D eigenvalue weighted by atomic mass is 35.5. The summed E-state index contributed by atoms with van der Waals surface area (Å²) < 4.78 is 11.2. The standard InChI is InChI=1S/C19H25Cl2NO3/c1-2-7-24-18(23)6-4-3-5-13-8-16(20)17(21)9-15(13)19-10-14(11-25-19)22-12-19/h8-9,14,22H,2-7,10-12H2,1H3. The highest BCUT2D eigenvalue weighted by Crippen LogP contribution is 2.44. The number of benzene rings is 1. The van der Waals surface area contributed by atoms with Crippen LogP contribution in [0.3, 0.4) is 0 Å². The third kappa shape index (κ3) is 4.30. The Morgan fingerprint density at radius 1 is 1.36 bits per heavy atom. The second-order valence-corrected chi connectivity index (χ2v) is 7.75. The van der Waals surface area contributed by atoms with Gasteiger partial charge < -0.3 is 14.8 Å². The van der Waals surface area contributed by atoms with Crippen LogP contribution in [0.4, 0.5) is 0 Å². The number of ether oxygens (including phenoxy) is 2.